The van der Waals surface area contributed by atoms with Gasteiger partial charge < -0.3 is 0 Å². The van der Waals surface area contributed by atoms with E-state index in [0.29, 0.717) is 17.0 Å². The molecule has 8 heteroatoms. The molecule has 1 aromatic carbocycles. The lowest BCUT2D eigenvalue weighted by atomic mass is 10.2. The van der Waals surface area contributed by atoms with Crippen LogP contribution in [0.25, 0.3) is 5.65 Å². The highest BCUT2D eigenvalue weighted by atomic mass is 79.9. The van der Waals surface area contributed by atoms with E-state index in [9.17, 15) is 4.79 Å². The average Bonchev–Trinajstić information content (AvgIpc) is 2.93. The van der Waals surface area contributed by atoms with Crippen LogP contribution in [0.15, 0.2) is 47.2 Å². The highest BCUT2D eigenvalue weighted by Crippen LogP contribution is 2.10. The highest BCUT2D eigenvalue weighted by molar-refractivity contribution is 9.10. The van der Waals surface area contributed by atoms with Crippen LogP contribution in [0.4, 0.5) is 5.82 Å². The lowest BCUT2D eigenvalue weighted by Gasteiger charge is -2.07. The maximum atomic E-state index is 11.9. The maximum Gasteiger partial charge on any atom is 0.269 e. The first-order chi connectivity index (χ1) is 9.72. The molecule has 0 aliphatic rings. The third-order valence-corrected chi connectivity index (χ3v) is 3.10. The summed E-state index contributed by atoms with van der Waals surface area (Å²) in [6.45, 7) is 0. The molecule has 2 heterocycles. The van der Waals surface area contributed by atoms with Gasteiger partial charge in [-0.25, -0.2) is 0 Å². The molecule has 0 fully saturated rings. The molecule has 0 saturated carbocycles. The minimum atomic E-state index is -0.247. The molecule has 2 aromatic heterocycles. The first-order valence-corrected chi connectivity index (χ1v) is 6.51. The largest absolute Gasteiger partial charge is 0.280 e. The van der Waals surface area contributed by atoms with E-state index in [-0.39, 0.29) is 5.91 Å². The molecule has 1 amide bonds. The fraction of sp³-hybridized carbons (Fsp3) is 0. The van der Waals surface area contributed by atoms with Crippen LogP contribution in [-0.2, 0) is 0 Å². The smallest absolute Gasteiger partial charge is 0.269 e. The van der Waals surface area contributed by atoms with E-state index >= 15 is 0 Å². The Morgan fingerprint density at radius 2 is 1.95 bits per heavy atom. The number of benzene rings is 1. The van der Waals surface area contributed by atoms with Crippen molar-refractivity contribution in [1.29, 1.82) is 0 Å². The van der Waals surface area contributed by atoms with Gasteiger partial charge in [0.1, 0.15) is 6.33 Å². The van der Waals surface area contributed by atoms with Gasteiger partial charge in [0.2, 0.25) is 0 Å². The summed E-state index contributed by atoms with van der Waals surface area (Å²) in [6, 6.07) is 10.5. The average molecular weight is 333 g/mol. The third-order valence-electron chi connectivity index (χ3n) is 2.57. The maximum absolute atomic E-state index is 11.9. The lowest BCUT2D eigenvalue weighted by molar-refractivity contribution is 0.0962. The monoisotopic (exact) mass is 332 g/mol. The van der Waals surface area contributed by atoms with Crippen LogP contribution >= 0.6 is 15.9 Å². The fourth-order valence-electron chi connectivity index (χ4n) is 1.59. The number of rotatable bonds is 3. The Labute approximate surface area is 122 Å². The molecular weight excluding hydrogens is 324 g/mol. The molecule has 3 rings (SSSR count). The zero-order valence-corrected chi connectivity index (χ0v) is 11.7. The lowest BCUT2D eigenvalue weighted by Crippen LogP contribution is -2.29. The van der Waals surface area contributed by atoms with Crippen LogP contribution in [0, 0.1) is 0 Å². The van der Waals surface area contributed by atoms with E-state index in [4.69, 9.17) is 0 Å². The number of hydrogen-bond acceptors (Lipinski definition) is 5. The van der Waals surface area contributed by atoms with E-state index in [0.717, 1.165) is 4.47 Å². The molecular formula is C12H9BrN6O. The van der Waals surface area contributed by atoms with E-state index in [1.165, 1.54) is 10.8 Å². The van der Waals surface area contributed by atoms with E-state index < -0.39 is 0 Å². The van der Waals surface area contributed by atoms with Crippen molar-refractivity contribution in [3.05, 3.63) is 52.8 Å². The Morgan fingerprint density at radius 3 is 2.75 bits per heavy atom. The molecule has 3 aromatic rings. The van der Waals surface area contributed by atoms with Crippen molar-refractivity contribution in [2.75, 3.05) is 5.43 Å². The van der Waals surface area contributed by atoms with Crippen LogP contribution in [-0.4, -0.2) is 25.7 Å². The number of aromatic nitrogens is 4. The van der Waals surface area contributed by atoms with Crippen molar-refractivity contribution in [2.45, 2.75) is 0 Å². The molecule has 100 valence electrons. The van der Waals surface area contributed by atoms with E-state index in [2.05, 4.69) is 42.1 Å². The molecule has 0 unspecified atom stereocenters. The van der Waals surface area contributed by atoms with Crippen LogP contribution in [0.3, 0.4) is 0 Å². The second kappa shape index (κ2) is 5.25. The van der Waals surface area contributed by atoms with Crippen LogP contribution < -0.4 is 10.9 Å². The summed E-state index contributed by atoms with van der Waals surface area (Å²) in [5, 5.41) is 11.7. The van der Waals surface area contributed by atoms with Gasteiger partial charge in [-0.15, -0.1) is 15.3 Å². The van der Waals surface area contributed by atoms with Gasteiger partial charge in [-0.3, -0.25) is 15.6 Å². The number of hydrazine groups is 1. The van der Waals surface area contributed by atoms with Gasteiger partial charge in [-0.1, -0.05) is 15.9 Å². The number of fused-ring (bicyclic) bond motifs is 1. The zero-order chi connectivity index (χ0) is 13.9. The Bertz CT molecular complexity index is 754. The number of amides is 1. The van der Waals surface area contributed by atoms with Gasteiger partial charge in [0.15, 0.2) is 11.5 Å². The molecule has 20 heavy (non-hydrogen) atoms. The molecule has 7 nitrogen and oxygen atoms in total. The molecule has 0 aliphatic heterocycles. The van der Waals surface area contributed by atoms with E-state index in [1.807, 2.05) is 0 Å². The predicted molar refractivity (Wildman–Crippen MR) is 76.0 cm³/mol. The van der Waals surface area contributed by atoms with Gasteiger partial charge in [-0.2, -0.15) is 4.52 Å². The number of nitrogens with zero attached hydrogens (tertiary/aromatic N) is 4. The minimum absolute atomic E-state index is 0.247. The van der Waals surface area contributed by atoms with Crippen LogP contribution in [0.2, 0.25) is 0 Å². The summed E-state index contributed by atoms with van der Waals surface area (Å²) in [5.41, 5.74) is 6.49. The van der Waals surface area contributed by atoms with Crippen molar-refractivity contribution in [2.24, 2.45) is 0 Å². The number of nitrogens with one attached hydrogen (secondary N) is 2. The Hall–Kier alpha value is -2.48. The summed E-state index contributed by atoms with van der Waals surface area (Å²) >= 11 is 3.32. The topological polar surface area (TPSA) is 84.2 Å². The fourth-order valence-corrected chi connectivity index (χ4v) is 1.85. The standard InChI is InChI=1S/C12H9BrN6O/c13-9-3-1-8(2-4-9)12(20)17-15-10-5-6-11-16-14-7-19(11)18-10/h1-7H,(H,15,18)(H,17,20). The molecule has 0 saturated heterocycles. The summed E-state index contributed by atoms with van der Waals surface area (Å²) in [7, 11) is 0. The third kappa shape index (κ3) is 2.59. The quantitative estimate of drug-likeness (QED) is 0.712. The summed E-state index contributed by atoms with van der Waals surface area (Å²) < 4.78 is 2.43. The molecule has 0 atom stereocenters. The minimum Gasteiger partial charge on any atom is -0.280 e. The number of carbonyl (C=O) groups excluding carboxylic acids is 1. The van der Waals surface area contributed by atoms with Gasteiger partial charge in [0.25, 0.3) is 5.91 Å². The highest BCUT2D eigenvalue weighted by Gasteiger charge is 2.05. The van der Waals surface area contributed by atoms with Crippen molar-refractivity contribution in [1.82, 2.24) is 25.2 Å². The summed E-state index contributed by atoms with van der Waals surface area (Å²) in [5.74, 6) is 0.242. The Morgan fingerprint density at radius 1 is 1.15 bits per heavy atom. The molecule has 0 aliphatic carbocycles. The van der Waals surface area contributed by atoms with Crippen LogP contribution in [0.5, 0.6) is 0 Å². The first kappa shape index (κ1) is 12.5. The molecule has 2 N–H and O–H groups in total. The number of halogens is 1. The predicted octanol–water partition coefficient (Wildman–Crippen LogP) is 1.64. The SMILES string of the molecule is O=C(NNc1ccc2nncn2n1)c1ccc(Br)cc1. The van der Waals surface area contributed by atoms with Gasteiger partial charge in [-0.05, 0) is 36.4 Å². The first-order valence-electron chi connectivity index (χ1n) is 5.71. The van der Waals surface area contributed by atoms with Gasteiger partial charge in [0.05, 0.1) is 0 Å². The van der Waals surface area contributed by atoms with E-state index in [1.54, 1.807) is 36.4 Å². The number of carbonyl (C=O) groups is 1. The molecule has 0 spiro atoms. The van der Waals surface area contributed by atoms with Crippen molar-refractivity contribution < 1.29 is 4.79 Å². The van der Waals surface area contributed by atoms with Crippen molar-refractivity contribution >= 4 is 33.3 Å². The summed E-state index contributed by atoms with van der Waals surface area (Å²) in [4.78, 5) is 11.9. The van der Waals surface area contributed by atoms with Crippen molar-refractivity contribution in [3.8, 4) is 0 Å². The Kier molecular flexibility index (Phi) is 3.30. The number of hydrogen-bond donors (Lipinski definition) is 2. The zero-order valence-electron chi connectivity index (χ0n) is 10.1. The normalized spacial score (nSPS) is 10.4. The van der Waals surface area contributed by atoms with Crippen molar-refractivity contribution in [3.63, 3.8) is 0 Å². The molecule has 0 radical (unpaired) electrons. The van der Waals surface area contributed by atoms with Crippen LogP contribution in [0.1, 0.15) is 10.4 Å². The number of anilines is 1. The summed E-state index contributed by atoms with van der Waals surface area (Å²) in [6.07, 6.45) is 1.48. The second-order valence-electron chi connectivity index (χ2n) is 3.94. The van der Waals surface area contributed by atoms with Gasteiger partial charge >= 0.3 is 0 Å². The second-order valence-corrected chi connectivity index (χ2v) is 4.85. The Balaban J connectivity index is 1.69. The van der Waals surface area contributed by atoms with Gasteiger partial charge in [0, 0.05) is 10.0 Å². The molecule has 0 bridgehead atoms.